The standard InChI is InChI=1S/C7H8F2N2/c8-7(9)4-6(7)5-11-3-1-2-10-11/h1-3,6H,4-5H2. The van der Waals surface area contributed by atoms with E-state index in [9.17, 15) is 8.78 Å². The quantitative estimate of drug-likeness (QED) is 0.638. The molecule has 11 heavy (non-hydrogen) atoms. The van der Waals surface area contributed by atoms with Gasteiger partial charge in [-0.3, -0.25) is 4.68 Å². The van der Waals surface area contributed by atoms with Gasteiger partial charge in [-0.15, -0.1) is 0 Å². The van der Waals surface area contributed by atoms with Crippen molar-refractivity contribution in [3.63, 3.8) is 0 Å². The lowest BCUT2D eigenvalue weighted by atomic mass is 10.4. The molecule has 0 aliphatic heterocycles. The Kier molecular flexibility index (Phi) is 1.25. The number of hydrogen-bond acceptors (Lipinski definition) is 1. The summed E-state index contributed by atoms with van der Waals surface area (Å²) in [4.78, 5) is 0. The number of halogens is 2. The summed E-state index contributed by atoms with van der Waals surface area (Å²) in [6.45, 7) is 0.347. The fraction of sp³-hybridized carbons (Fsp3) is 0.571. The average Bonchev–Trinajstić information content (AvgIpc) is 2.42. The Balaban J connectivity index is 1.95. The van der Waals surface area contributed by atoms with Crippen molar-refractivity contribution in [2.24, 2.45) is 5.92 Å². The molecule has 1 fully saturated rings. The maximum Gasteiger partial charge on any atom is 0.253 e. The predicted molar refractivity (Wildman–Crippen MR) is 35.3 cm³/mol. The Hall–Kier alpha value is -0.930. The van der Waals surface area contributed by atoms with Crippen molar-refractivity contribution in [3.05, 3.63) is 18.5 Å². The highest BCUT2D eigenvalue weighted by Crippen LogP contribution is 2.49. The molecule has 0 saturated heterocycles. The van der Waals surface area contributed by atoms with Crippen LogP contribution in [-0.4, -0.2) is 15.7 Å². The van der Waals surface area contributed by atoms with Crippen molar-refractivity contribution in [2.45, 2.75) is 18.9 Å². The SMILES string of the molecule is FC1(F)CC1Cn1cccn1. The first-order chi connectivity index (χ1) is 5.18. The van der Waals surface area contributed by atoms with E-state index in [0.717, 1.165) is 0 Å². The number of rotatable bonds is 2. The van der Waals surface area contributed by atoms with Gasteiger partial charge in [0.1, 0.15) is 0 Å². The molecule has 0 radical (unpaired) electrons. The second-order valence-corrected chi connectivity index (χ2v) is 2.89. The van der Waals surface area contributed by atoms with Crippen LogP contribution in [0.3, 0.4) is 0 Å². The van der Waals surface area contributed by atoms with Gasteiger partial charge in [-0.25, -0.2) is 8.78 Å². The van der Waals surface area contributed by atoms with E-state index in [1.165, 1.54) is 0 Å². The van der Waals surface area contributed by atoms with E-state index < -0.39 is 11.8 Å². The van der Waals surface area contributed by atoms with Crippen LogP contribution in [0.2, 0.25) is 0 Å². The minimum absolute atomic E-state index is 0.0207. The van der Waals surface area contributed by atoms with E-state index >= 15 is 0 Å². The molecular weight excluding hydrogens is 150 g/mol. The second kappa shape index (κ2) is 2.03. The van der Waals surface area contributed by atoms with Crippen molar-refractivity contribution in [3.8, 4) is 0 Å². The molecule has 2 nitrogen and oxygen atoms in total. The lowest BCUT2D eigenvalue weighted by Crippen LogP contribution is -2.05. The fourth-order valence-corrected chi connectivity index (χ4v) is 1.10. The molecule has 1 aromatic heterocycles. The molecule has 1 aliphatic carbocycles. The van der Waals surface area contributed by atoms with Gasteiger partial charge >= 0.3 is 0 Å². The van der Waals surface area contributed by atoms with Gasteiger partial charge in [0.2, 0.25) is 0 Å². The van der Waals surface area contributed by atoms with Gasteiger partial charge in [-0.1, -0.05) is 0 Å². The predicted octanol–water partition coefficient (Wildman–Crippen LogP) is 1.54. The minimum Gasteiger partial charge on any atom is -0.272 e. The van der Waals surface area contributed by atoms with Crippen molar-refractivity contribution in [1.82, 2.24) is 9.78 Å². The van der Waals surface area contributed by atoms with Crippen molar-refractivity contribution >= 4 is 0 Å². The Morgan fingerprint density at radius 3 is 2.82 bits per heavy atom. The molecule has 0 spiro atoms. The first kappa shape index (κ1) is 6.76. The summed E-state index contributed by atoms with van der Waals surface area (Å²) in [5.74, 6) is -2.91. The Labute approximate surface area is 62.8 Å². The molecule has 1 heterocycles. The van der Waals surface area contributed by atoms with E-state index in [-0.39, 0.29) is 6.42 Å². The number of alkyl halides is 2. The molecule has 1 aromatic rings. The van der Waals surface area contributed by atoms with Gasteiger partial charge in [0.25, 0.3) is 5.92 Å². The molecule has 60 valence electrons. The Bertz CT molecular complexity index is 243. The van der Waals surface area contributed by atoms with E-state index in [1.54, 1.807) is 23.1 Å². The van der Waals surface area contributed by atoms with Crippen LogP contribution in [0.25, 0.3) is 0 Å². The normalized spacial score (nSPS) is 26.9. The van der Waals surface area contributed by atoms with Crippen molar-refractivity contribution in [2.75, 3.05) is 0 Å². The summed E-state index contributed by atoms with van der Waals surface area (Å²) in [6, 6.07) is 1.74. The van der Waals surface area contributed by atoms with Gasteiger partial charge in [0.15, 0.2) is 0 Å². The third-order valence-electron chi connectivity index (χ3n) is 1.92. The van der Waals surface area contributed by atoms with Crippen molar-refractivity contribution in [1.29, 1.82) is 0 Å². The number of hydrogen-bond donors (Lipinski definition) is 0. The zero-order chi connectivity index (χ0) is 7.90. The lowest BCUT2D eigenvalue weighted by Gasteiger charge is -1.97. The van der Waals surface area contributed by atoms with E-state index in [4.69, 9.17) is 0 Å². The molecule has 0 aromatic carbocycles. The van der Waals surface area contributed by atoms with Crippen LogP contribution >= 0.6 is 0 Å². The number of aromatic nitrogens is 2. The second-order valence-electron chi connectivity index (χ2n) is 2.89. The zero-order valence-electron chi connectivity index (χ0n) is 5.87. The molecule has 1 saturated carbocycles. The summed E-state index contributed by atoms with van der Waals surface area (Å²) in [5.41, 5.74) is 0. The summed E-state index contributed by atoms with van der Waals surface area (Å²) >= 11 is 0. The highest BCUT2D eigenvalue weighted by Gasteiger charge is 2.56. The molecule has 2 rings (SSSR count). The van der Waals surface area contributed by atoms with Crippen LogP contribution in [0.1, 0.15) is 6.42 Å². The highest BCUT2D eigenvalue weighted by atomic mass is 19.3. The Morgan fingerprint density at radius 1 is 1.64 bits per heavy atom. The largest absolute Gasteiger partial charge is 0.272 e. The summed E-state index contributed by atoms with van der Waals surface area (Å²) in [7, 11) is 0. The van der Waals surface area contributed by atoms with Gasteiger partial charge < -0.3 is 0 Å². The molecule has 0 amide bonds. The Morgan fingerprint density at radius 2 is 2.36 bits per heavy atom. The van der Waals surface area contributed by atoms with Crippen LogP contribution in [0.5, 0.6) is 0 Å². The first-order valence-corrected chi connectivity index (χ1v) is 3.54. The molecule has 1 atom stereocenters. The van der Waals surface area contributed by atoms with Crippen LogP contribution in [-0.2, 0) is 6.54 Å². The van der Waals surface area contributed by atoms with Crippen LogP contribution in [0.15, 0.2) is 18.5 Å². The van der Waals surface area contributed by atoms with Gasteiger partial charge in [0.05, 0.1) is 0 Å². The number of nitrogens with zero attached hydrogens (tertiary/aromatic N) is 2. The van der Waals surface area contributed by atoms with Crippen molar-refractivity contribution < 1.29 is 8.78 Å². The monoisotopic (exact) mass is 158 g/mol. The lowest BCUT2D eigenvalue weighted by molar-refractivity contribution is 0.0942. The third kappa shape index (κ3) is 1.25. The van der Waals surface area contributed by atoms with E-state index in [1.807, 2.05) is 0 Å². The summed E-state index contributed by atoms with van der Waals surface area (Å²) in [5, 5.41) is 3.85. The first-order valence-electron chi connectivity index (χ1n) is 3.54. The summed E-state index contributed by atoms with van der Waals surface area (Å²) in [6.07, 6.45) is 3.32. The molecule has 0 N–H and O–H groups in total. The molecule has 0 bridgehead atoms. The van der Waals surface area contributed by atoms with Crippen LogP contribution in [0, 0.1) is 5.92 Å². The minimum atomic E-state index is -2.42. The van der Waals surface area contributed by atoms with E-state index in [2.05, 4.69) is 5.10 Å². The van der Waals surface area contributed by atoms with E-state index in [0.29, 0.717) is 6.54 Å². The molecule has 1 unspecified atom stereocenters. The summed E-state index contributed by atoms with van der Waals surface area (Å²) < 4.78 is 26.2. The molecule has 1 aliphatic rings. The van der Waals surface area contributed by atoms with Gasteiger partial charge in [-0.2, -0.15) is 5.10 Å². The maximum absolute atomic E-state index is 12.3. The maximum atomic E-state index is 12.3. The van der Waals surface area contributed by atoms with Gasteiger partial charge in [0, 0.05) is 31.3 Å². The van der Waals surface area contributed by atoms with Crippen LogP contribution in [0.4, 0.5) is 8.78 Å². The van der Waals surface area contributed by atoms with Gasteiger partial charge in [-0.05, 0) is 6.07 Å². The fourth-order valence-electron chi connectivity index (χ4n) is 1.10. The molecule has 4 heteroatoms. The third-order valence-corrected chi connectivity index (χ3v) is 1.92. The zero-order valence-corrected chi connectivity index (χ0v) is 5.87. The smallest absolute Gasteiger partial charge is 0.253 e. The molecular formula is C7H8F2N2. The average molecular weight is 158 g/mol. The van der Waals surface area contributed by atoms with Crippen LogP contribution < -0.4 is 0 Å². The highest BCUT2D eigenvalue weighted by molar-refractivity contribution is 4.95. The topological polar surface area (TPSA) is 17.8 Å².